The monoisotopic (exact) mass is 313 g/mol. The highest BCUT2D eigenvalue weighted by Gasteiger charge is 2.23. The van der Waals surface area contributed by atoms with Crippen LogP contribution in [0.25, 0.3) is 0 Å². The van der Waals surface area contributed by atoms with Crippen molar-refractivity contribution in [3.8, 4) is 0 Å². The first-order chi connectivity index (χ1) is 8.31. The van der Waals surface area contributed by atoms with Crippen LogP contribution in [0.15, 0.2) is 27.6 Å². The Labute approximate surface area is 115 Å². The summed E-state index contributed by atoms with van der Waals surface area (Å²) in [5.74, 6) is 0. The van der Waals surface area contributed by atoms with Gasteiger partial charge in [-0.05, 0) is 30.5 Å². The number of thioether (sulfide) groups is 1. The van der Waals surface area contributed by atoms with Crippen molar-refractivity contribution in [2.45, 2.75) is 35.6 Å². The summed E-state index contributed by atoms with van der Waals surface area (Å²) in [6.07, 6.45) is 2.69. The number of halogens is 1. The number of ether oxygens (including phenoxy) is 1. The molecule has 17 heavy (non-hydrogen) atoms. The van der Waals surface area contributed by atoms with Crippen LogP contribution in [0.2, 0.25) is 0 Å². The van der Waals surface area contributed by atoms with Crippen LogP contribution in [0.1, 0.15) is 18.4 Å². The van der Waals surface area contributed by atoms with Crippen LogP contribution in [-0.4, -0.2) is 24.5 Å². The Kier molecular flexibility index (Phi) is 3.75. The zero-order valence-electron chi connectivity index (χ0n) is 9.62. The molecule has 3 rings (SSSR count). The molecule has 1 N–H and O–H groups in total. The van der Waals surface area contributed by atoms with Gasteiger partial charge in [-0.2, -0.15) is 0 Å². The Balaban J connectivity index is 1.69. The molecule has 1 saturated heterocycles. The Morgan fingerprint density at radius 3 is 2.82 bits per heavy atom. The van der Waals surface area contributed by atoms with E-state index >= 15 is 0 Å². The quantitative estimate of drug-likeness (QED) is 0.902. The van der Waals surface area contributed by atoms with Gasteiger partial charge in [0, 0.05) is 22.0 Å². The van der Waals surface area contributed by atoms with E-state index in [1.807, 2.05) is 11.8 Å². The van der Waals surface area contributed by atoms with Gasteiger partial charge in [0.25, 0.3) is 0 Å². The van der Waals surface area contributed by atoms with E-state index in [2.05, 4.69) is 39.4 Å². The van der Waals surface area contributed by atoms with Gasteiger partial charge in [0.1, 0.15) is 0 Å². The first kappa shape index (κ1) is 12.0. The van der Waals surface area contributed by atoms with Crippen LogP contribution in [-0.2, 0) is 11.3 Å². The predicted molar refractivity (Wildman–Crippen MR) is 74.5 cm³/mol. The second-order valence-electron chi connectivity index (χ2n) is 4.68. The van der Waals surface area contributed by atoms with E-state index < -0.39 is 0 Å². The highest BCUT2D eigenvalue weighted by atomic mass is 79.9. The molecule has 1 aliphatic carbocycles. The first-order valence-corrected chi connectivity index (χ1v) is 7.75. The van der Waals surface area contributed by atoms with E-state index in [4.69, 9.17) is 4.74 Å². The summed E-state index contributed by atoms with van der Waals surface area (Å²) in [7, 11) is 0. The van der Waals surface area contributed by atoms with Crippen LogP contribution in [0, 0.1) is 0 Å². The number of nitrogens with one attached hydrogen (secondary N) is 1. The molecule has 1 heterocycles. The van der Waals surface area contributed by atoms with E-state index in [1.54, 1.807) is 0 Å². The standard InChI is InChI=1S/C13H16BrNOS/c14-10-2-1-9(6-15-11-3-4-11)13(5-10)17-12-7-16-8-12/h1-2,5,11-12,15H,3-4,6-8H2. The molecule has 0 bridgehead atoms. The van der Waals surface area contributed by atoms with Crippen LogP contribution >= 0.6 is 27.7 Å². The summed E-state index contributed by atoms with van der Waals surface area (Å²) in [4.78, 5) is 1.39. The summed E-state index contributed by atoms with van der Waals surface area (Å²) in [6.45, 7) is 2.78. The third-order valence-corrected chi connectivity index (χ3v) is 4.82. The minimum absolute atomic E-state index is 0.643. The fourth-order valence-electron chi connectivity index (χ4n) is 1.79. The van der Waals surface area contributed by atoms with Gasteiger partial charge in [0.05, 0.1) is 18.5 Å². The molecule has 0 atom stereocenters. The Bertz CT molecular complexity index is 404. The summed E-state index contributed by atoms with van der Waals surface area (Å²) in [6, 6.07) is 7.35. The van der Waals surface area contributed by atoms with Gasteiger partial charge in [-0.25, -0.2) is 0 Å². The lowest BCUT2D eigenvalue weighted by Crippen LogP contribution is -2.30. The largest absolute Gasteiger partial charge is 0.379 e. The Hall–Kier alpha value is -0.0300. The van der Waals surface area contributed by atoms with E-state index in [9.17, 15) is 0 Å². The molecular formula is C13H16BrNOS. The van der Waals surface area contributed by atoms with Crippen LogP contribution in [0.3, 0.4) is 0 Å². The molecule has 0 radical (unpaired) electrons. The average molecular weight is 314 g/mol. The van der Waals surface area contributed by atoms with Gasteiger partial charge in [0.15, 0.2) is 0 Å². The number of benzene rings is 1. The van der Waals surface area contributed by atoms with Crippen molar-refractivity contribution < 1.29 is 4.74 Å². The molecule has 4 heteroatoms. The maximum absolute atomic E-state index is 5.24. The Morgan fingerprint density at radius 2 is 2.18 bits per heavy atom. The third-order valence-electron chi connectivity index (χ3n) is 3.09. The highest BCUT2D eigenvalue weighted by Crippen LogP contribution is 2.33. The predicted octanol–water partition coefficient (Wildman–Crippen LogP) is 3.19. The SMILES string of the molecule is Brc1ccc(CNC2CC2)c(SC2COC2)c1. The van der Waals surface area contributed by atoms with E-state index in [0.717, 1.165) is 30.3 Å². The fraction of sp³-hybridized carbons (Fsp3) is 0.538. The van der Waals surface area contributed by atoms with Gasteiger partial charge < -0.3 is 10.1 Å². The number of hydrogen-bond donors (Lipinski definition) is 1. The van der Waals surface area contributed by atoms with Crippen molar-refractivity contribution in [2.24, 2.45) is 0 Å². The van der Waals surface area contributed by atoms with Crippen molar-refractivity contribution in [2.75, 3.05) is 13.2 Å². The summed E-state index contributed by atoms with van der Waals surface area (Å²) >= 11 is 5.50. The lowest BCUT2D eigenvalue weighted by Gasteiger charge is -2.26. The van der Waals surface area contributed by atoms with Crippen LogP contribution in [0.5, 0.6) is 0 Å². The maximum atomic E-state index is 5.24. The molecule has 1 aromatic rings. The van der Waals surface area contributed by atoms with Crippen LogP contribution < -0.4 is 5.32 Å². The molecule has 2 aliphatic rings. The molecule has 0 amide bonds. The van der Waals surface area contributed by atoms with Crippen molar-refractivity contribution >= 4 is 27.7 Å². The summed E-state index contributed by atoms with van der Waals surface area (Å²) in [5.41, 5.74) is 1.41. The Morgan fingerprint density at radius 1 is 1.35 bits per heavy atom. The van der Waals surface area contributed by atoms with E-state index in [1.165, 1.54) is 23.3 Å². The molecule has 92 valence electrons. The van der Waals surface area contributed by atoms with Gasteiger partial charge in [-0.1, -0.05) is 22.0 Å². The van der Waals surface area contributed by atoms with Gasteiger partial charge in [-0.3, -0.25) is 0 Å². The molecule has 0 unspecified atom stereocenters. The molecule has 0 aromatic heterocycles. The second-order valence-corrected chi connectivity index (χ2v) is 6.94. The highest BCUT2D eigenvalue weighted by molar-refractivity contribution is 9.10. The zero-order chi connectivity index (χ0) is 11.7. The number of hydrogen-bond acceptors (Lipinski definition) is 3. The minimum Gasteiger partial charge on any atom is -0.379 e. The topological polar surface area (TPSA) is 21.3 Å². The molecular weight excluding hydrogens is 298 g/mol. The summed E-state index contributed by atoms with van der Waals surface area (Å²) < 4.78 is 6.40. The van der Waals surface area contributed by atoms with Crippen LogP contribution in [0.4, 0.5) is 0 Å². The lowest BCUT2D eigenvalue weighted by molar-refractivity contribution is 0.0455. The number of rotatable bonds is 5. The molecule has 2 nitrogen and oxygen atoms in total. The molecule has 1 saturated carbocycles. The molecule has 1 aliphatic heterocycles. The van der Waals surface area contributed by atoms with Gasteiger partial charge >= 0.3 is 0 Å². The second kappa shape index (κ2) is 5.31. The maximum Gasteiger partial charge on any atom is 0.0611 e. The van der Waals surface area contributed by atoms with Gasteiger partial charge in [0.2, 0.25) is 0 Å². The molecule has 1 aromatic carbocycles. The normalized spacial score (nSPS) is 20.3. The smallest absolute Gasteiger partial charge is 0.0611 e. The fourth-order valence-corrected chi connectivity index (χ4v) is 3.47. The van der Waals surface area contributed by atoms with Gasteiger partial charge in [-0.15, -0.1) is 11.8 Å². The average Bonchev–Trinajstić information content (AvgIpc) is 3.06. The zero-order valence-corrected chi connectivity index (χ0v) is 12.0. The molecule has 2 fully saturated rings. The van der Waals surface area contributed by atoms with Crippen molar-refractivity contribution in [3.05, 3.63) is 28.2 Å². The third kappa shape index (κ3) is 3.25. The minimum atomic E-state index is 0.643. The summed E-state index contributed by atoms with van der Waals surface area (Å²) in [5, 5.41) is 4.22. The van der Waals surface area contributed by atoms with E-state index in [-0.39, 0.29) is 0 Å². The first-order valence-electron chi connectivity index (χ1n) is 6.07. The lowest BCUT2D eigenvalue weighted by atomic mass is 10.2. The van der Waals surface area contributed by atoms with Crippen molar-refractivity contribution in [1.29, 1.82) is 0 Å². The van der Waals surface area contributed by atoms with E-state index in [0.29, 0.717) is 5.25 Å². The molecule has 0 spiro atoms. The van der Waals surface area contributed by atoms with Crippen molar-refractivity contribution in [1.82, 2.24) is 5.32 Å². The van der Waals surface area contributed by atoms with Crippen molar-refractivity contribution in [3.63, 3.8) is 0 Å².